The third-order valence-electron chi connectivity index (χ3n) is 3.74. The van der Waals surface area contributed by atoms with Crippen molar-refractivity contribution in [3.05, 3.63) is 23.9 Å². The van der Waals surface area contributed by atoms with Crippen LogP contribution in [0.5, 0.6) is 0 Å². The Morgan fingerprint density at radius 3 is 2.88 bits per heavy atom. The number of piperidine rings is 1. The Morgan fingerprint density at radius 2 is 2.20 bits per heavy atom. The number of aromatic nitrogens is 1. The summed E-state index contributed by atoms with van der Waals surface area (Å²) >= 11 is -0.414. The molecule has 1 aromatic rings. The highest BCUT2D eigenvalue weighted by atomic mass is 32.2. The summed E-state index contributed by atoms with van der Waals surface area (Å²) in [7, 11) is 0. The summed E-state index contributed by atoms with van der Waals surface area (Å²) in [5.41, 5.74) is 0.709. The van der Waals surface area contributed by atoms with Gasteiger partial charge in [0.25, 0.3) is 5.91 Å². The lowest BCUT2D eigenvalue weighted by Crippen LogP contribution is -2.46. The van der Waals surface area contributed by atoms with Gasteiger partial charge in [-0.2, -0.15) is 13.2 Å². The van der Waals surface area contributed by atoms with E-state index in [1.54, 1.807) is 0 Å². The van der Waals surface area contributed by atoms with Gasteiger partial charge >= 0.3 is 5.51 Å². The fraction of sp³-hybridized carbons (Fsp3) is 0.533. The van der Waals surface area contributed by atoms with Crippen LogP contribution in [-0.2, 0) is 4.79 Å². The molecule has 0 saturated carbocycles. The van der Waals surface area contributed by atoms with E-state index < -0.39 is 23.2 Å². The van der Waals surface area contributed by atoms with Crippen LogP contribution in [0.3, 0.4) is 0 Å². The number of thioether (sulfide) groups is 1. The second-order valence-electron chi connectivity index (χ2n) is 5.57. The molecule has 0 spiro atoms. The zero-order valence-electron chi connectivity index (χ0n) is 13.4. The lowest BCUT2D eigenvalue weighted by molar-refractivity contribution is -0.126. The van der Waals surface area contributed by atoms with Crippen molar-refractivity contribution in [1.29, 1.82) is 0 Å². The van der Waals surface area contributed by atoms with Gasteiger partial charge in [0.1, 0.15) is 5.03 Å². The number of halogens is 3. The number of pyridine rings is 1. The predicted octanol–water partition coefficient (Wildman–Crippen LogP) is 1.62. The molecule has 1 aliphatic heterocycles. The molecule has 0 bridgehead atoms. The summed E-state index contributed by atoms with van der Waals surface area (Å²) in [5, 5.41) is 2.30. The average molecular weight is 376 g/mol. The van der Waals surface area contributed by atoms with Gasteiger partial charge in [-0.05, 0) is 25.0 Å². The molecule has 0 aliphatic carbocycles. The normalized spacial score (nSPS) is 18.1. The van der Waals surface area contributed by atoms with Gasteiger partial charge in [0.05, 0.1) is 11.5 Å². The van der Waals surface area contributed by atoms with Gasteiger partial charge < -0.3 is 16.0 Å². The monoisotopic (exact) mass is 376 g/mol. The maximum atomic E-state index is 12.6. The Balaban J connectivity index is 2.11. The zero-order chi connectivity index (χ0) is 18.4. The molecule has 10 heteroatoms. The van der Waals surface area contributed by atoms with Gasteiger partial charge in [-0.15, -0.1) is 0 Å². The number of hydrogen-bond acceptors (Lipinski definition) is 5. The van der Waals surface area contributed by atoms with E-state index in [4.69, 9.17) is 5.73 Å². The van der Waals surface area contributed by atoms with Crippen molar-refractivity contribution in [1.82, 2.24) is 15.2 Å². The fourth-order valence-corrected chi connectivity index (χ4v) is 3.23. The Morgan fingerprint density at radius 1 is 1.44 bits per heavy atom. The molecular formula is C15H19F3N4O2S. The first kappa shape index (κ1) is 19.5. The van der Waals surface area contributed by atoms with E-state index in [2.05, 4.69) is 10.3 Å². The van der Waals surface area contributed by atoms with Crippen LogP contribution >= 0.6 is 11.8 Å². The predicted molar refractivity (Wildman–Crippen MR) is 86.8 cm³/mol. The summed E-state index contributed by atoms with van der Waals surface area (Å²) in [6.45, 7) is 1.22. The van der Waals surface area contributed by atoms with Crippen LogP contribution in [-0.4, -0.2) is 53.4 Å². The van der Waals surface area contributed by atoms with Crippen LogP contribution in [0.15, 0.2) is 23.4 Å². The van der Waals surface area contributed by atoms with Crippen LogP contribution in [0.4, 0.5) is 13.2 Å². The highest BCUT2D eigenvalue weighted by Gasteiger charge is 2.34. The molecule has 3 N–H and O–H groups in total. The summed E-state index contributed by atoms with van der Waals surface area (Å²) in [5.74, 6) is -1.13. The van der Waals surface area contributed by atoms with Gasteiger partial charge in [0.2, 0.25) is 5.91 Å². The molecular weight excluding hydrogens is 357 g/mol. The number of likely N-dealkylation sites (tertiary alicyclic amines) is 1. The van der Waals surface area contributed by atoms with E-state index in [1.165, 1.54) is 23.2 Å². The van der Waals surface area contributed by atoms with Crippen molar-refractivity contribution in [3.8, 4) is 0 Å². The number of alkyl halides is 3. The second kappa shape index (κ2) is 8.52. The Kier molecular flexibility index (Phi) is 6.65. The van der Waals surface area contributed by atoms with Gasteiger partial charge in [0, 0.05) is 44.1 Å². The molecule has 6 nitrogen and oxygen atoms in total. The average Bonchev–Trinajstić information content (AvgIpc) is 2.58. The standard InChI is InChI=1S/C15H19F3N4O2S/c16-15(17,18)25-13-11(4-1-6-21-13)14(24)22-8-2-3-10(9-22)12(23)20-7-5-19/h1,4,6,10H,2-3,5,7-9,19H2,(H,20,23). The van der Waals surface area contributed by atoms with Crippen molar-refractivity contribution in [2.24, 2.45) is 11.7 Å². The van der Waals surface area contributed by atoms with E-state index in [0.717, 1.165) is 0 Å². The third-order valence-corrected chi connectivity index (χ3v) is 4.49. The van der Waals surface area contributed by atoms with E-state index in [1.807, 2.05) is 0 Å². The van der Waals surface area contributed by atoms with Gasteiger partial charge in [-0.3, -0.25) is 9.59 Å². The summed E-state index contributed by atoms with van der Waals surface area (Å²) in [6, 6.07) is 2.74. The Hall–Kier alpha value is -1.81. The van der Waals surface area contributed by atoms with E-state index in [0.29, 0.717) is 32.5 Å². The van der Waals surface area contributed by atoms with Crippen molar-refractivity contribution in [3.63, 3.8) is 0 Å². The zero-order valence-corrected chi connectivity index (χ0v) is 14.2. The third kappa shape index (κ3) is 5.60. The number of amides is 2. The van der Waals surface area contributed by atoms with Gasteiger partial charge in [-0.1, -0.05) is 0 Å². The first-order chi connectivity index (χ1) is 11.8. The minimum absolute atomic E-state index is 0.104. The molecule has 2 rings (SSSR count). The van der Waals surface area contributed by atoms with Crippen molar-refractivity contribution in [2.75, 3.05) is 26.2 Å². The number of nitrogens with two attached hydrogens (primary N) is 1. The highest BCUT2D eigenvalue weighted by molar-refractivity contribution is 8.00. The first-order valence-electron chi connectivity index (χ1n) is 7.79. The highest BCUT2D eigenvalue weighted by Crippen LogP contribution is 2.37. The molecule has 1 atom stereocenters. The number of rotatable bonds is 5. The molecule has 0 aromatic carbocycles. The summed E-state index contributed by atoms with van der Waals surface area (Å²) < 4.78 is 37.9. The number of nitrogens with one attached hydrogen (secondary N) is 1. The number of hydrogen-bond donors (Lipinski definition) is 2. The van der Waals surface area contributed by atoms with Crippen molar-refractivity contribution in [2.45, 2.75) is 23.4 Å². The lowest BCUT2D eigenvalue weighted by Gasteiger charge is -2.32. The van der Waals surface area contributed by atoms with Crippen molar-refractivity contribution >= 4 is 23.6 Å². The number of carbonyl (C=O) groups excluding carboxylic acids is 2. The van der Waals surface area contributed by atoms with E-state index >= 15 is 0 Å². The fourth-order valence-electron chi connectivity index (χ4n) is 2.63. The topological polar surface area (TPSA) is 88.3 Å². The molecule has 2 amide bonds. The molecule has 2 heterocycles. The smallest absolute Gasteiger partial charge is 0.355 e. The SMILES string of the molecule is NCCNC(=O)C1CCCN(C(=O)c2cccnc2SC(F)(F)F)C1. The maximum Gasteiger partial charge on any atom is 0.447 e. The minimum atomic E-state index is -4.53. The van der Waals surface area contributed by atoms with Crippen LogP contribution in [0, 0.1) is 5.92 Å². The number of nitrogens with zero attached hydrogens (tertiary/aromatic N) is 2. The lowest BCUT2D eigenvalue weighted by atomic mass is 9.96. The Bertz CT molecular complexity index is 627. The molecule has 25 heavy (non-hydrogen) atoms. The van der Waals surface area contributed by atoms with Crippen LogP contribution in [0.2, 0.25) is 0 Å². The van der Waals surface area contributed by atoms with Gasteiger partial charge in [0.15, 0.2) is 0 Å². The van der Waals surface area contributed by atoms with Crippen LogP contribution in [0.25, 0.3) is 0 Å². The molecule has 138 valence electrons. The van der Waals surface area contributed by atoms with E-state index in [9.17, 15) is 22.8 Å². The molecule has 0 radical (unpaired) electrons. The molecule has 1 saturated heterocycles. The largest absolute Gasteiger partial charge is 0.447 e. The molecule has 1 fully saturated rings. The second-order valence-corrected chi connectivity index (χ2v) is 6.63. The number of carbonyl (C=O) groups is 2. The van der Waals surface area contributed by atoms with Crippen LogP contribution in [0.1, 0.15) is 23.2 Å². The molecule has 1 unspecified atom stereocenters. The van der Waals surface area contributed by atoms with E-state index in [-0.39, 0.29) is 29.0 Å². The molecule has 1 aromatic heterocycles. The minimum Gasteiger partial charge on any atom is -0.355 e. The maximum absolute atomic E-state index is 12.6. The first-order valence-corrected chi connectivity index (χ1v) is 8.61. The Labute approximate surface area is 147 Å². The van der Waals surface area contributed by atoms with Gasteiger partial charge in [-0.25, -0.2) is 4.98 Å². The summed E-state index contributed by atoms with van der Waals surface area (Å²) in [6.07, 6.45) is 2.44. The quantitative estimate of drug-likeness (QED) is 0.763. The summed E-state index contributed by atoms with van der Waals surface area (Å²) in [4.78, 5) is 29.8. The van der Waals surface area contributed by atoms with Crippen LogP contribution < -0.4 is 11.1 Å². The van der Waals surface area contributed by atoms with Crippen molar-refractivity contribution < 1.29 is 22.8 Å². The molecule has 1 aliphatic rings.